The molecule has 2 rings (SSSR count). The summed E-state index contributed by atoms with van der Waals surface area (Å²) in [7, 11) is 0. The zero-order valence-electron chi connectivity index (χ0n) is 14.1. The molecule has 0 saturated carbocycles. The number of carbonyl (C=O) groups excluding carboxylic acids is 1. The molecule has 23 heavy (non-hydrogen) atoms. The molecule has 0 radical (unpaired) electrons. The zero-order chi connectivity index (χ0) is 16.7. The SMILES string of the molecule is CCNCc1ccccc1NC(=O)c1cc(C(CC)CC)no1. The minimum absolute atomic E-state index is 0.255. The maximum atomic E-state index is 12.4. The van der Waals surface area contributed by atoms with Crippen molar-refractivity contribution < 1.29 is 9.32 Å². The van der Waals surface area contributed by atoms with E-state index in [0.717, 1.165) is 36.3 Å². The second kappa shape index (κ2) is 8.48. The first-order chi connectivity index (χ1) is 11.2. The van der Waals surface area contributed by atoms with Crippen molar-refractivity contribution in [1.29, 1.82) is 0 Å². The van der Waals surface area contributed by atoms with Crippen LogP contribution >= 0.6 is 0 Å². The summed E-state index contributed by atoms with van der Waals surface area (Å²) in [4.78, 5) is 12.4. The van der Waals surface area contributed by atoms with E-state index in [9.17, 15) is 4.79 Å². The summed E-state index contributed by atoms with van der Waals surface area (Å²) in [5.41, 5.74) is 2.68. The van der Waals surface area contributed by atoms with Crippen molar-refractivity contribution in [2.75, 3.05) is 11.9 Å². The average molecular weight is 315 g/mol. The number of benzene rings is 1. The van der Waals surface area contributed by atoms with E-state index in [1.165, 1.54) is 0 Å². The first-order valence-corrected chi connectivity index (χ1v) is 8.26. The number of hydrogen-bond acceptors (Lipinski definition) is 4. The Balaban J connectivity index is 2.10. The normalized spacial score (nSPS) is 11.0. The zero-order valence-corrected chi connectivity index (χ0v) is 14.1. The Morgan fingerprint density at radius 1 is 1.22 bits per heavy atom. The Morgan fingerprint density at radius 3 is 2.65 bits per heavy atom. The van der Waals surface area contributed by atoms with Gasteiger partial charge in [0.05, 0.1) is 5.69 Å². The third-order valence-electron chi connectivity index (χ3n) is 3.99. The lowest BCUT2D eigenvalue weighted by molar-refractivity contribution is 0.0987. The molecular formula is C18H25N3O2. The van der Waals surface area contributed by atoms with Gasteiger partial charge in [0, 0.05) is 24.2 Å². The van der Waals surface area contributed by atoms with Gasteiger partial charge in [-0.3, -0.25) is 4.79 Å². The highest BCUT2D eigenvalue weighted by Gasteiger charge is 2.18. The highest BCUT2D eigenvalue weighted by Crippen LogP contribution is 2.23. The van der Waals surface area contributed by atoms with Crippen LogP contribution in [0.4, 0.5) is 5.69 Å². The van der Waals surface area contributed by atoms with Crippen molar-refractivity contribution in [3.05, 3.63) is 47.3 Å². The number of para-hydroxylation sites is 1. The topological polar surface area (TPSA) is 67.2 Å². The molecule has 0 aliphatic carbocycles. The van der Waals surface area contributed by atoms with Gasteiger partial charge in [-0.2, -0.15) is 0 Å². The summed E-state index contributed by atoms with van der Waals surface area (Å²) >= 11 is 0. The van der Waals surface area contributed by atoms with Gasteiger partial charge in [-0.15, -0.1) is 0 Å². The molecule has 0 spiro atoms. The predicted molar refractivity (Wildman–Crippen MR) is 91.6 cm³/mol. The van der Waals surface area contributed by atoms with E-state index >= 15 is 0 Å². The van der Waals surface area contributed by atoms with E-state index < -0.39 is 0 Å². The number of nitrogens with zero attached hydrogens (tertiary/aromatic N) is 1. The first kappa shape index (κ1) is 17.2. The van der Waals surface area contributed by atoms with Gasteiger partial charge in [0.2, 0.25) is 5.76 Å². The molecule has 124 valence electrons. The fourth-order valence-electron chi connectivity index (χ4n) is 2.54. The molecule has 1 aromatic heterocycles. The molecule has 1 heterocycles. The van der Waals surface area contributed by atoms with Crippen LogP contribution < -0.4 is 10.6 Å². The number of hydrogen-bond donors (Lipinski definition) is 2. The summed E-state index contributed by atoms with van der Waals surface area (Å²) in [6.45, 7) is 7.86. The quantitative estimate of drug-likeness (QED) is 0.774. The third-order valence-corrected chi connectivity index (χ3v) is 3.99. The Morgan fingerprint density at radius 2 is 1.96 bits per heavy atom. The second-order valence-electron chi connectivity index (χ2n) is 5.52. The number of amides is 1. The fourth-order valence-corrected chi connectivity index (χ4v) is 2.54. The van der Waals surface area contributed by atoms with Crippen molar-refractivity contribution in [3.63, 3.8) is 0 Å². The minimum Gasteiger partial charge on any atom is -0.351 e. The van der Waals surface area contributed by atoms with Crippen molar-refractivity contribution in [3.8, 4) is 0 Å². The van der Waals surface area contributed by atoms with Gasteiger partial charge in [-0.05, 0) is 31.0 Å². The Labute approximate surface area is 137 Å². The molecule has 1 aromatic carbocycles. The van der Waals surface area contributed by atoms with Gasteiger partial charge in [-0.25, -0.2) is 0 Å². The molecule has 1 amide bonds. The molecule has 0 aliphatic heterocycles. The second-order valence-corrected chi connectivity index (χ2v) is 5.52. The Kier molecular flexibility index (Phi) is 6.35. The molecule has 2 aromatic rings. The van der Waals surface area contributed by atoms with Crippen LogP contribution in [0.15, 0.2) is 34.9 Å². The van der Waals surface area contributed by atoms with Crippen LogP contribution in [0.3, 0.4) is 0 Å². The molecule has 0 fully saturated rings. The molecule has 5 nitrogen and oxygen atoms in total. The molecule has 0 bridgehead atoms. The van der Waals surface area contributed by atoms with E-state index in [-0.39, 0.29) is 11.7 Å². The van der Waals surface area contributed by atoms with Gasteiger partial charge in [0.1, 0.15) is 0 Å². The van der Waals surface area contributed by atoms with Crippen molar-refractivity contribution in [1.82, 2.24) is 10.5 Å². The Bertz CT molecular complexity index is 633. The van der Waals surface area contributed by atoms with Gasteiger partial charge in [-0.1, -0.05) is 44.1 Å². The minimum atomic E-state index is -0.265. The summed E-state index contributed by atoms with van der Waals surface area (Å²) in [6.07, 6.45) is 1.96. The summed E-state index contributed by atoms with van der Waals surface area (Å²) in [6, 6.07) is 9.50. The predicted octanol–water partition coefficient (Wildman–Crippen LogP) is 3.94. The standard InChI is InChI=1S/C18H25N3O2/c1-4-13(5-2)16-11-17(23-21-16)18(22)20-15-10-8-7-9-14(15)12-19-6-3/h7-11,13,19H,4-6,12H2,1-3H3,(H,20,22). The molecule has 0 atom stereocenters. The molecular weight excluding hydrogens is 290 g/mol. The number of anilines is 1. The van der Waals surface area contributed by atoms with E-state index in [1.54, 1.807) is 6.07 Å². The van der Waals surface area contributed by atoms with E-state index in [1.807, 2.05) is 24.3 Å². The summed E-state index contributed by atoms with van der Waals surface area (Å²) < 4.78 is 5.23. The number of nitrogens with one attached hydrogen (secondary N) is 2. The van der Waals surface area contributed by atoms with Gasteiger partial charge in [0.15, 0.2) is 0 Å². The summed E-state index contributed by atoms with van der Waals surface area (Å²) in [5, 5.41) is 10.2. The van der Waals surface area contributed by atoms with Crippen molar-refractivity contribution >= 4 is 11.6 Å². The van der Waals surface area contributed by atoms with Crippen LogP contribution in [-0.4, -0.2) is 17.6 Å². The third kappa shape index (κ3) is 4.42. The lowest BCUT2D eigenvalue weighted by Crippen LogP contribution is -2.16. The molecule has 5 heteroatoms. The molecule has 0 unspecified atom stereocenters. The van der Waals surface area contributed by atoms with Gasteiger partial charge >= 0.3 is 0 Å². The van der Waals surface area contributed by atoms with Gasteiger partial charge in [0.25, 0.3) is 5.91 Å². The van der Waals surface area contributed by atoms with Crippen LogP contribution in [0.5, 0.6) is 0 Å². The maximum absolute atomic E-state index is 12.4. The smallest absolute Gasteiger partial charge is 0.294 e. The highest BCUT2D eigenvalue weighted by atomic mass is 16.5. The van der Waals surface area contributed by atoms with Crippen molar-refractivity contribution in [2.24, 2.45) is 0 Å². The largest absolute Gasteiger partial charge is 0.351 e. The lowest BCUT2D eigenvalue weighted by Gasteiger charge is -2.10. The fraction of sp³-hybridized carbons (Fsp3) is 0.444. The Hall–Kier alpha value is -2.14. The van der Waals surface area contributed by atoms with E-state index in [2.05, 4.69) is 36.6 Å². The molecule has 0 saturated heterocycles. The van der Waals surface area contributed by atoms with Crippen LogP contribution in [0.25, 0.3) is 0 Å². The first-order valence-electron chi connectivity index (χ1n) is 8.26. The molecule has 0 aliphatic rings. The number of carbonyl (C=O) groups is 1. The van der Waals surface area contributed by atoms with E-state index in [0.29, 0.717) is 12.5 Å². The van der Waals surface area contributed by atoms with Crippen LogP contribution in [0, 0.1) is 0 Å². The van der Waals surface area contributed by atoms with Gasteiger partial charge < -0.3 is 15.2 Å². The maximum Gasteiger partial charge on any atom is 0.294 e. The number of rotatable bonds is 8. The van der Waals surface area contributed by atoms with Crippen LogP contribution in [0.2, 0.25) is 0 Å². The van der Waals surface area contributed by atoms with Crippen LogP contribution in [0.1, 0.15) is 61.3 Å². The average Bonchev–Trinajstić information content (AvgIpc) is 3.05. The lowest BCUT2D eigenvalue weighted by atomic mass is 9.99. The number of aromatic nitrogens is 1. The summed E-state index contributed by atoms with van der Waals surface area (Å²) in [5.74, 6) is 0.324. The monoisotopic (exact) mass is 315 g/mol. The van der Waals surface area contributed by atoms with Crippen molar-refractivity contribution in [2.45, 2.75) is 46.1 Å². The van der Waals surface area contributed by atoms with Crippen LogP contribution in [-0.2, 0) is 6.54 Å². The van der Waals surface area contributed by atoms with E-state index in [4.69, 9.17) is 4.52 Å². The molecule has 2 N–H and O–H groups in total. The highest BCUT2D eigenvalue weighted by molar-refractivity contribution is 6.02.